The molecule has 4 atom stereocenters. The minimum Gasteiger partial charge on any atom is -0.378 e. The summed E-state index contributed by atoms with van der Waals surface area (Å²) in [6, 6.07) is 0.611. The fourth-order valence-corrected chi connectivity index (χ4v) is 3.96. The van der Waals surface area contributed by atoms with Gasteiger partial charge in [0, 0.05) is 25.6 Å². The van der Waals surface area contributed by atoms with Gasteiger partial charge in [0.25, 0.3) is 0 Å². The molecule has 3 nitrogen and oxygen atoms in total. The molecule has 2 rings (SSSR count). The van der Waals surface area contributed by atoms with E-state index in [2.05, 4.69) is 32.3 Å². The minimum atomic E-state index is -0.533. The molecule has 0 amide bonds. The average Bonchev–Trinajstić information content (AvgIpc) is 3.34. The van der Waals surface area contributed by atoms with E-state index in [0.717, 1.165) is 12.1 Å². The minimum absolute atomic E-state index is 0.0662. The van der Waals surface area contributed by atoms with Crippen LogP contribution >= 0.6 is 11.6 Å². The summed E-state index contributed by atoms with van der Waals surface area (Å²) in [7, 11) is 1.73. The summed E-state index contributed by atoms with van der Waals surface area (Å²) in [5, 5.41) is 0. The van der Waals surface area contributed by atoms with Gasteiger partial charge < -0.3 is 9.47 Å². The van der Waals surface area contributed by atoms with Crippen molar-refractivity contribution < 1.29 is 9.47 Å². The van der Waals surface area contributed by atoms with Crippen LogP contribution in [0.3, 0.4) is 0 Å². The maximum Gasteiger partial charge on any atom is 0.113 e. The van der Waals surface area contributed by atoms with E-state index >= 15 is 0 Å². The molecule has 0 aromatic carbocycles. The third kappa shape index (κ3) is 3.78. The number of ether oxygens (including phenoxy) is 2. The molecular weight excluding hydrogens is 310 g/mol. The quantitative estimate of drug-likeness (QED) is 0.486. The fourth-order valence-electron chi connectivity index (χ4n) is 3.70. The van der Waals surface area contributed by atoms with E-state index < -0.39 is 5.60 Å². The van der Waals surface area contributed by atoms with E-state index in [1.54, 1.807) is 7.11 Å². The lowest BCUT2D eigenvalue weighted by molar-refractivity contribution is -0.166. The molecule has 1 spiro atoms. The van der Waals surface area contributed by atoms with Crippen LogP contribution in [0.15, 0.2) is 12.2 Å². The molecule has 0 aromatic heterocycles. The van der Waals surface area contributed by atoms with Crippen LogP contribution < -0.4 is 0 Å². The summed E-state index contributed by atoms with van der Waals surface area (Å²) < 4.78 is 12.3. The summed E-state index contributed by atoms with van der Waals surface area (Å²) in [5.74, 6) is 0.402. The number of hydrogen-bond donors (Lipinski definition) is 0. The van der Waals surface area contributed by atoms with E-state index in [0.29, 0.717) is 17.3 Å². The number of likely N-dealkylation sites (tertiary alicyclic amines) is 1. The van der Waals surface area contributed by atoms with Crippen molar-refractivity contribution in [3.63, 3.8) is 0 Å². The Morgan fingerprint density at radius 1 is 1.39 bits per heavy atom. The summed E-state index contributed by atoms with van der Waals surface area (Å²) in [6.45, 7) is 15.1. The molecule has 2 unspecified atom stereocenters. The van der Waals surface area contributed by atoms with E-state index in [9.17, 15) is 0 Å². The van der Waals surface area contributed by atoms with Gasteiger partial charge in [-0.15, -0.1) is 11.6 Å². The molecule has 1 aliphatic heterocycles. The zero-order chi connectivity index (χ0) is 17.3. The molecule has 1 heterocycles. The highest BCUT2D eigenvalue weighted by molar-refractivity contribution is 6.19. The van der Waals surface area contributed by atoms with Gasteiger partial charge in [-0.05, 0) is 64.0 Å². The summed E-state index contributed by atoms with van der Waals surface area (Å²) in [5.41, 5.74) is 0.755. The number of methoxy groups -OCH3 is 1. The number of rotatable bonds is 8. The standard InChI is InChI=1S/C19H34ClNO2/c1-7-15(3)21-11-10-19(8-9-19)17(13-21)23-18(5,14(2)12-20)16(4)22-6/h15-17H,2,7-13H2,1,3-6H3/t15-,16?,17-,18?/m0/s1. The predicted molar refractivity (Wildman–Crippen MR) is 97.2 cm³/mol. The Kier molecular flexibility index (Phi) is 6.21. The van der Waals surface area contributed by atoms with Crippen LogP contribution in [0.4, 0.5) is 0 Å². The summed E-state index contributed by atoms with van der Waals surface area (Å²) >= 11 is 6.10. The lowest BCUT2D eigenvalue weighted by atomic mass is 9.86. The monoisotopic (exact) mass is 343 g/mol. The first-order valence-corrected chi connectivity index (χ1v) is 9.55. The van der Waals surface area contributed by atoms with Crippen molar-refractivity contribution in [1.29, 1.82) is 0 Å². The summed E-state index contributed by atoms with van der Waals surface area (Å²) in [6.07, 6.45) is 5.18. The Bertz CT molecular complexity index is 424. The van der Waals surface area contributed by atoms with Gasteiger partial charge in [0.05, 0.1) is 12.2 Å². The molecule has 0 N–H and O–H groups in total. The molecule has 1 aliphatic carbocycles. The second kappa shape index (κ2) is 7.43. The molecular formula is C19H34ClNO2. The molecule has 0 aromatic rings. The first-order chi connectivity index (χ1) is 10.8. The molecule has 23 heavy (non-hydrogen) atoms. The number of piperidine rings is 1. The van der Waals surface area contributed by atoms with Crippen LogP contribution in [0.5, 0.6) is 0 Å². The van der Waals surface area contributed by atoms with Crippen molar-refractivity contribution >= 4 is 11.6 Å². The van der Waals surface area contributed by atoms with E-state index in [4.69, 9.17) is 21.1 Å². The van der Waals surface area contributed by atoms with Gasteiger partial charge in [-0.25, -0.2) is 0 Å². The van der Waals surface area contributed by atoms with Crippen molar-refractivity contribution in [2.24, 2.45) is 5.41 Å². The van der Waals surface area contributed by atoms with Gasteiger partial charge >= 0.3 is 0 Å². The van der Waals surface area contributed by atoms with Crippen molar-refractivity contribution in [3.8, 4) is 0 Å². The molecule has 0 radical (unpaired) electrons. The van der Waals surface area contributed by atoms with Gasteiger partial charge in [-0.1, -0.05) is 13.5 Å². The predicted octanol–water partition coefficient (Wildman–Crippen LogP) is 4.24. The van der Waals surface area contributed by atoms with Crippen LogP contribution in [-0.2, 0) is 9.47 Å². The Morgan fingerprint density at radius 3 is 2.52 bits per heavy atom. The first kappa shape index (κ1) is 19.2. The SMILES string of the molecule is C=C(CCl)C(C)(O[C@H]1CN([C@@H](C)CC)CCC12CC2)C(C)OC. The highest BCUT2D eigenvalue weighted by Crippen LogP contribution is 2.56. The van der Waals surface area contributed by atoms with E-state index in [-0.39, 0.29) is 12.2 Å². The molecule has 1 saturated heterocycles. The average molecular weight is 344 g/mol. The number of nitrogens with zero attached hydrogens (tertiary/aromatic N) is 1. The molecule has 134 valence electrons. The van der Waals surface area contributed by atoms with Crippen molar-refractivity contribution in [3.05, 3.63) is 12.2 Å². The zero-order valence-electron chi connectivity index (χ0n) is 15.5. The topological polar surface area (TPSA) is 21.7 Å². The third-order valence-electron chi connectivity index (χ3n) is 6.47. The van der Waals surface area contributed by atoms with Crippen molar-refractivity contribution in [2.75, 3.05) is 26.1 Å². The van der Waals surface area contributed by atoms with Crippen LogP contribution in [-0.4, -0.2) is 54.8 Å². The largest absolute Gasteiger partial charge is 0.378 e. The fraction of sp³-hybridized carbons (Fsp3) is 0.895. The van der Waals surface area contributed by atoms with Crippen LogP contribution in [0, 0.1) is 5.41 Å². The molecule has 4 heteroatoms. The van der Waals surface area contributed by atoms with Crippen LogP contribution in [0.2, 0.25) is 0 Å². The molecule has 0 bridgehead atoms. The van der Waals surface area contributed by atoms with Crippen LogP contribution in [0.25, 0.3) is 0 Å². The normalized spacial score (nSPS) is 29.0. The number of hydrogen-bond acceptors (Lipinski definition) is 3. The van der Waals surface area contributed by atoms with E-state index in [1.165, 1.54) is 32.2 Å². The van der Waals surface area contributed by atoms with Gasteiger partial charge in [0.2, 0.25) is 0 Å². The lowest BCUT2D eigenvalue weighted by Crippen LogP contribution is -2.55. The highest BCUT2D eigenvalue weighted by atomic mass is 35.5. The number of alkyl halides is 1. The van der Waals surface area contributed by atoms with Crippen LogP contribution in [0.1, 0.15) is 53.4 Å². The van der Waals surface area contributed by atoms with Gasteiger partial charge in [0.15, 0.2) is 0 Å². The maximum atomic E-state index is 6.74. The van der Waals surface area contributed by atoms with Gasteiger partial charge in [-0.2, -0.15) is 0 Å². The zero-order valence-corrected chi connectivity index (χ0v) is 16.3. The van der Waals surface area contributed by atoms with Gasteiger partial charge in [0.1, 0.15) is 5.60 Å². The molecule has 2 aliphatic rings. The highest BCUT2D eigenvalue weighted by Gasteiger charge is 2.55. The smallest absolute Gasteiger partial charge is 0.113 e. The first-order valence-electron chi connectivity index (χ1n) is 9.02. The lowest BCUT2D eigenvalue weighted by Gasteiger charge is -2.47. The van der Waals surface area contributed by atoms with E-state index in [1.807, 2.05) is 6.92 Å². The Hall–Kier alpha value is -0.0900. The summed E-state index contributed by atoms with van der Waals surface area (Å²) in [4.78, 5) is 2.58. The van der Waals surface area contributed by atoms with Crippen molar-refractivity contribution in [1.82, 2.24) is 4.90 Å². The maximum absolute atomic E-state index is 6.74. The molecule has 1 saturated carbocycles. The second-order valence-corrected chi connectivity index (χ2v) is 7.96. The Balaban J connectivity index is 2.17. The Labute approximate surface area is 147 Å². The second-order valence-electron chi connectivity index (χ2n) is 7.69. The molecule has 2 fully saturated rings. The number of halogens is 1. The Morgan fingerprint density at radius 2 is 2.04 bits per heavy atom. The van der Waals surface area contributed by atoms with Gasteiger partial charge in [-0.3, -0.25) is 4.90 Å². The third-order valence-corrected chi connectivity index (χ3v) is 6.79. The van der Waals surface area contributed by atoms with Crippen molar-refractivity contribution in [2.45, 2.75) is 77.2 Å².